The number of halogens is 1. The number of amides is 1. The number of hydrogen-bond donors (Lipinski definition) is 1. The van der Waals surface area contributed by atoms with Crippen molar-refractivity contribution < 1.29 is 9.18 Å². The summed E-state index contributed by atoms with van der Waals surface area (Å²) in [7, 11) is 0. The molecule has 2 atom stereocenters. The summed E-state index contributed by atoms with van der Waals surface area (Å²) in [4.78, 5) is 15.2. The number of carbonyl (C=O) groups excluding carboxylic acids is 1. The van der Waals surface area contributed by atoms with Gasteiger partial charge in [-0.15, -0.1) is 0 Å². The van der Waals surface area contributed by atoms with Gasteiger partial charge in [-0.3, -0.25) is 4.79 Å². The second-order valence-electron chi connectivity index (χ2n) is 7.79. The molecule has 0 aliphatic carbocycles. The Labute approximate surface area is 171 Å². The highest BCUT2D eigenvalue weighted by molar-refractivity contribution is 6.07. The van der Waals surface area contributed by atoms with Crippen molar-refractivity contribution in [1.29, 1.82) is 0 Å². The smallest absolute Gasteiger partial charge is 0.258 e. The third kappa shape index (κ3) is 3.63. The molecule has 0 spiro atoms. The second-order valence-corrected chi connectivity index (χ2v) is 7.79. The van der Waals surface area contributed by atoms with Crippen LogP contribution in [0.2, 0.25) is 0 Å². The van der Waals surface area contributed by atoms with E-state index in [1.165, 1.54) is 17.7 Å². The van der Waals surface area contributed by atoms with Crippen molar-refractivity contribution in [1.82, 2.24) is 0 Å². The van der Waals surface area contributed by atoms with Gasteiger partial charge in [-0.25, -0.2) is 4.39 Å². The highest BCUT2D eigenvalue weighted by atomic mass is 19.1. The van der Waals surface area contributed by atoms with E-state index in [1.54, 1.807) is 12.1 Å². The number of carbonyl (C=O) groups is 1. The number of benzene rings is 3. The van der Waals surface area contributed by atoms with Gasteiger partial charge in [0, 0.05) is 17.3 Å². The highest BCUT2D eigenvalue weighted by Crippen LogP contribution is 2.41. The first-order valence-corrected chi connectivity index (χ1v) is 9.96. The Balaban J connectivity index is 1.75. The van der Waals surface area contributed by atoms with Gasteiger partial charge in [0.15, 0.2) is 0 Å². The molecule has 4 heteroatoms. The van der Waals surface area contributed by atoms with Gasteiger partial charge in [0.25, 0.3) is 5.91 Å². The summed E-state index contributed by atoms with van der Waals surface area (Å²) in [5, 5.41) is 3.67. The molecule has 29 heavy (non-hydrogen) atoms. The SMILES string of the molecule is Cc1ccccc1NC1CC(C)N(C(=O)c2cccc(F)c2)c2c(C)cccc21. The fourth-order valence-corrected chi connectivity index (χ4v) is 4.21. The van der Waals surface area contributed by atoms with Gasteiger partial charge >= 0.3 is 0 Å². The Morgan fingerprint density at radius 3 is 2.48 bits per heavy atom. The van der Waals surface area contributed by atoms with Crippen LogP contribution in [0.5, 0.6) is 0 Å². The van der Waals surface area contributed by atoms with Gasteiger partial charge in [0.2, 0.25) is 0 Å². The van der Waals surface area contributed by atoms with Crippen molar-refractivity contribution in [2.45, 2.75) is 39.3 Å². The zero-order valence-corrected chi connectivity index (χ0v) is 16.9. The van der Waals surface area contributed by atoms with E-state index in [-0.39, 0.29) is 18.0 Å². The van der Waals surface area contributed by atoms with Crippen LogP contribution in [-0.4, -0.2) is 11.9 Å². The first-order chi connectivity index (χ1) is 14.0. The van der Waals surface area contributed by atoms with Gasteiger partial charge in [-0.1, -0.05) is 42.5 Å². The summed E-state index contributed by atoms with van der Waals surface area (Å²) in [6.07, 6.45) is 0.770. The molecule has 1 N–H and O–H groups in total. The molecule has 1 heterocycles. The van der Waals surface area contributed by atoms with E-state index in [0.717, 1.165) is 28.9 Å². The lowest BCUT2D eigenvalue weighted by Gasteiger charge is -2.41. The number of para-hydroxylation sites is 2. The minimum Gasteiger partial charge on any atom is -0.378 e. The summed E-state index contributed by atoms with van der Waals surface area (Å²) >= 11 is 0. The van der Waals surface area contributed by atoms with Gasteiger partial charge < -0.3 is 10.2 Å². The van der Waals surface area contributed by atoms with Gasteiger partial charge in [0.1, 0.15) is 5.82 Å². The monoisotopic (exact) mass is 388 g/mol. The molecule has 148 valence electrons. The van der Waals surface area contributed by atoms with Crippen molar-refractivity contribution in [2.24, 2.45) is 0 Å². The lowest BCUT2D eigenvalue weighted by atomic mass is 9.88. The van der Waals surface area contributed by atoms with Crippen LogP contribution in [0, 0.1) is 19.7 Å². The fourth-order valence-electron chi connectivity index (χ4n) is 4.21. The summed E-state index contributed by atoms with van der Waals surface area (Å²) < 4.78 is 13.7. The highest BCUT2D eigenvalue weighted by Gasteiger charge is 2.35. The van der Waals surface area contributed by atoms with E-state index in [2.05, 4.69) is 37.4 Å². The molecule has 0 bridgehead atoms. The Kier molecular flexibility index (Phi) is 5.10. The second kappa shape index (κ2) is 7.70. The van der Waals surface area contributed by atoms with Crippen LogP contribution in [0.15, 0.2) is 66.7 Å². The number of nitrogens with zero attached hydrogens (tertiary/aromatic N) is 1. The molecule has 4 rings (SSSR count). The molecule has 3 nitrogen and oxygen atoms in total. The lowest BCUT2D eigenvalue weighted by molar-refractivity contribution is 0.0973. The van der Waals surface area contributed by atoms with Crippen LogP contribution < -0.4 is 10.2 Å². The minimum atomic E-state index is -0.399. The first kappa shape index (κ1) is 19.2. The van der Waals surface area contributed by atoms with Crippen LogP contribution in [0.3, 0.4) is 0 Å². The average molecular weight is 388 g/mol. The molecule has 3 aromatic carbocycles. The Bertz CT molecular complexity index is 1060. The van der Waals surface area contributed by atoms with Gasteiger partial charge in [-0.05, 0) is 68.1 Å². The van der Waals surface area contributed by atoms with Gasteiger partial charge in [0.05, 0.1) is 11.7 Å². The molecule has 0 radical (unpaired) electrons. The van der Waals surface area contributed by atoms with E-state index in [9.17, 15) is 9.18 Å². The third-order valence-electron chi connectivity index (χ3n) is 5.67. The Morgan fingerprint density at radius 1 is 1.00 bits per heavy atom. The molecule has 2 unspecified atom stereocenters. The standard InChI is InChI=1S/C25H25FN2O/c1-16-8-4-5-13-22(16)27-23-14-18(3)28(24-17(2)9-6-12-21(23)24)25(29)19-10-7-11-20(26)15-19/h4-13,15,18,23,27H,14H2,1-3H3. The predicted molar refractivity (Wildman–Crippen MR) is 116 cm³/mol. The van der Waals surface area contributed by atoms with Crippen molar-refractivity contribution >= 4 is 17.3 Å². The maximum Gasteiger partial charge on any atom is 0.258 e. The summed E-state index contributed by atoms with van der Waals surface area (Å²) in [6, 6.07) is 20.4. The Morgan fingerprint density at radius 2 is 1.72 bits per heavy atom. The van der Waals surface area contributed by atoms with Crippen molar-refractivity contribution in [3.05, 3.63) is 94.8 Å². The Hall–Kier alpha value is -3.14. The van der Waals surface area contributed by atoms with E-state index in [1.807, 2.05) is 36.1 Å². The molecular weight excluding hydrogens is 363 g/mol. The molecular formula is C25H25FN2O. The number of hydrogen-bond acceptors (Lipinski definition) is 2. The van der Waals surface area contributed by atoms with Crippen LogP contribution in [0.1, 0.15) is 46.4 Å². The minimum absolute atomic E-state index is 0.0270. The molecule has 1 amide bonds. The summed E-state index contributed by atoms with van der Waals surface area (Å²) in [5.41, 5.74) is 5.71. The van der Waals surface area contributed by atoms with Crippen LogP contribution in [0.4, 0.5) is 15.8 Å². The molecule has 0 saturated heterocycles. The van der Waals surface area contributed by atoms with Crippen molar-refractivity contribution in [3.63, 3.8) is 0 Å². The molecule has 0 saturated carbocycles. The fraction of sp³-hybridized carbons (Fsp3) is 0.240. The van der Waals surface area contributed by atoms with E-state index >= 15 is 0 Å². The number of anilines is 2. The summed E-state index contributed by atoms with van der Waals surface area (Å²) in [5.74, 6) is -0.563. The molecule has 3 aromatic rings. The molecule has 1 aliphatic rings. The van der Waals surface area contributed by atoms with E-state index < -0.39 is 5.82 Å². The quantitative estimate of drug-likeness (QED) is 0.594. The predicted octanol–water partition coefficient (Wildman–Crippen LogP) is 6.03. The third-order valence-corrected chi connectivity index (χ3v) is 5.67. The topological polar surface area (TPSA) is 32.3 Å². The zero-order chi connectivity index (χ0) is 20.5. The number of rotatable bonds is 3. The van der Waals surface area contributed by atoms with Crippen LogP contribution in [0.25, 0.3) is 0 Å². The lowest BCUT2D eigenvalue weighted by Crippen LogP contribution is -2.45. The first-order valence-electron chi connectivity index (χ1n) is 9.96. The van der Waals surface area contributed by atoms with Crippen LogP contribution >= 0.6 is 0 Å². The summed E-state index contributed by atoms with van der Waals surface area (Å²) in [6.45, 7) is 6.16. The van der Waals surface area contributed by atoms with Crippen molar-refractivity contribution in [2.75, 3.05) is 10.2 Å². The van der Waals surface area contributed by atoms with Crippen molar-refractivity contribution in [3.8, 4) is 0 Å². The van der Waals surface area contributed by atoms with Gasteiger partial charge in [-0.2, -0.15) is 0 Å². The largest absolute Gasteiger partial charge is 0.378 e. The molecule has 0 fully saturated rings. The normalized spacial score (nSPS) is 18.3. The number of nitrogens with one attached hydrogen (secondary N) is 1. The average Bonchev–Trinajstić information content (AvgIpc) is 2.70. The zero-order valence-electron chi connectivity index (χ0n) is 16.9. The molecule has 0 aromatic heterocycles. The van der Waals surface area contributed by atoms with E-state index in [0.29, 0.717) is 5.56 Å². The maximum absolute atomic E-state index is 13.7. The number of aryl methyl sites for hydroxylation is 2. The maximum atomic E-state index is 13.7. The number of fused-ring (bicyclic) bond motifs is 1. The van der Waals surface area contributed by atoms with E-state index in [4.69, 9.17) is 0 Å². The van der Waals surface area contributed by atoms with Crippen LogP contribution in [-0.2, 0) is 0 Å². The molecule has 1 aliphatic heterocycles.